The monoisotopic (exact) mass is 266 g/mol. The summed E-state index contributed by atoms with van der Waals surface area (Å²) in [5.41, 5.74) is 1.04. The van der Waals surface area contributed by atoms with Gasteiger partial charge >= 0.3 is 0 Å². The maximum Gasteiger partial charge on any atom is 0.135 e. The van der Waals surface area contributed by atoms with Gasteiger partial charge in [0.15, 0.2) is 0 Å². The summed E-state index contributed by atoms with van der Waals surface area (Å²) in [5.74, 6) is 1.50. The molecule has 1 saturated heterocycles. The minimum absolute atomic E-state index is 0.171. The molecule has 5 heteroatoms. The van der Waals surface area contributed by atoms with Crippen molar-refractivity contribution < 1.29 is 19.4 Å². The van der Waals surface area contributed by atoms with Crippen LogP contribution in [0.15, 0.2) is 33.4 Å². The van der Waals surface area contributed by atoms with Crippen LogP contribution in [-0.4, -0.2) is 29.0 Å². The van der Waals surface area contributed by atoms with E-state index in [1.54, 1.807) is 11.3 Å². The third-order valence-electron chi connectivity index (χ3n) is 3.15. The molecule has 1 fully saturated rings. The Morgan fingerprint density at radius 3 is 2.89 bits per heavy atom. The molecule has 0 aliphatic carbocycles. The highest BCUT2D eigenvalue weighted by atomic mass is 32.1. The molecule has 3 rings (SSSR count). The van der Waals surface area contributed by atoms with E-state index >= 15 is 0 Å². The molecule has 2 aromatic heterocycles. The molecular weight excluding hydrogens is 252 g/mol. The van der Waals surface area contributed by atoms with E-state index in [4.69, 9.17) is 14.3 Å². The zero-order valence-electron chi connectivity index (χ0n) is 9.65. The van der Waals surface area contributed by atoms with E-state index in [0.29, 0.717) is 12.2 Å². The zero-order chi connectivity index (χ0) is 12.5. The molecule has 2 N–H and O–H groups in total. The van der Waals surface area contributed by atoms with E-state index in [9.17, 15) is 5.11 Å². The highest BCUT2D eigenvalue weighted by Crippen LogP contribution is 2.35. The number of aliphatic hydroxyl groups excluding tert-OH is 2. The fraction of sp³-hybridized carbons (Fsp3) is 0.385. The molecule has 3 atom stereocenters. The molecule has 4 nitrogen and oxygen atoms in total. The lowest BCUT2D eigenvalue weighted by Crippen LogP contribution is -2.24. The number of thiophene rings is 1. The van der Waals surface area contributed by atoms with Gasteiger partial charge in [0, 0.05) is 17.4 Å². The molecular formula is C13H14O4S. The Morgan fingerprint density at radius 2 is 2.22 bits per heavy atom. The van der Waals surface area contributed by atoms with Gasteiger partial charge in [0.1, 0.15) is 23.7 Å². The van der Waals surface area contributed by atoms with Gasteiger partial charge in [0.05, 0.1) is 12.7 Å². The lowest BCUT2D eigenvalue weighted by Gasteiger charge is -2.10. The topological polar surface area (TPSA) is 62.8 Å². The highest BCUT2D eigenvalue weighted by molar-refractivity contribution is 7.08. The SMILES string of the molecule is OC[C@H]1O[C@@H](c2ccc(-c3ccsc3)o2)C[C@@H]1O. The average Bonchev–Trinajstić information content (AvgIpc) is 3.08. The van der Waals surface area contributed by atoms with Crippen LogP contribution in [0.3, 0.4) is 0 Å². The van der Waals surface area contributed by atoms with Crippen LogP contribution in [0.4, 0.5) is 0 Å². The van der Waals surface area contributed by atoms with Gasteiger partial charge in [0.2, 0.25) is 0 Å². The zero-order valence-corrected chi connectivity index (χ0v) is 10.5. The van der Waals surface area contributed by atoms with Crippen LogP contribution in [0.5, 0.6) is 0 Å². The average molecular weight is 266 g/mol. The summed E-state index contributed by atoms with van der Waals surface area (Å²) >= 11 is 1.62. The summed E-state index contributed by atoms with van der Waals surface area (Å²) in [6.07, 6.45) is -0.953. The molecule has 0 radical (unpaired) electrons. The second-order valence-corrected chi connectivity index (χ2v) is 5.14. The van der Waals surface area contributed by atoms with Crippen molar-refractivity contribution in [1.29, 1.82) is 0 Å². The molecule has 2 aromatic rings. The summed E-state index contributed by atoms with van der Waals surface area (Å²) < 4.78 is 11.3. The van der Waals surface area contributed by atoms with Crippen LogP contribution in [0, 0.1) is 0 Å². The first-order valence-corrected chi connectivity index (χ1v) is 6.79. The van der Waals surface area contributed by atoms with Crippen molar-refractivity contribution in [2.24, 2.45) is 0 Å². The molecule has 0 saturated carbocycles. The van der Waals surface area contributed by atoms with Gasteiger partial charge in [-0.3, -0.25) is 0 Å². The fourth-order valence-corrected chi connectivity index (χ4v) is 2.81. The summed E-state index contributed by atoms with van der Waals surface area (Å²) in [6, 6.07) is 5.76. The van der Waals surface area contributed by atoms with Crippen molar-refractivity contribution in [2.75, 3.05) is 6.61 Å². The number of hydrogen-bond donors (Lipinski definition) is 2. The normalized spacial score (nSPS) is 27.8. The number of furan rings is 1. The van der Waals surface area contributed by atoms with E-state index in [2.05, 4.69) is 0 Å². The van der Waals surface area contributed by atoms with Gasteiger partial charge in [-0.1, -0.05) is 0 Å². The molecule has 0 aromatic carbocycles. The minimum atomic E-state index is -0.630. The highest BCUT2D eigenvalue weighted by Gasteiger charge is 2.35. The van der Waals surface area contributed by atoms with Crippen molar-refractivity contribution >= 4 is 11.3 Å². The van der Waals surface area contributed by atoms with Gasteiger partial charge in [0.25, 0.3) is 0 Å². The fourth-order valence-electron chi connectivity index (χ4n) is 2.16. The molecule has 96 valence electrons. The van der Waals surface area contributed by atoms with Gasteiger partial charge in [-0.2, -0.15) is 11.3 Å². The maximum absolute atomic E-state index is 9.69. The molecule has 1 aliphatic heterocycles. The first kappa shape index (κ1) is 11.9. The predicted octanol–water partition coefficient (Wildman–Crippen LogP) is 2.19. The predicted molar refractivity (Wildman–Crippen MR) is 67.3 cm³/mol. The van der Waals surface area contributed by atoms with Crippen molar-refractivity contribution in [1.82, 2.24) is 0 Å². The first-order chi connectivity index (χ1) is 8.78. The van der Waals surface area contributed by atoms with Gasteiger partial charge in [-0.25, -0.2) is 0 Å². The Labute approximate surface area is 108 Å². The Bertz CT molecular complexity index is 505. The maximum atomic E-state index is 9.69. The van der Waals surface area contributed by atoms with Gasteiger partial charge < -0.3 is 19.4 Å². The number of aliphatic hydroxyl groups is 2. The number of hydrogen-bond acceptors (Lipinski definition) is 5. The van der Waals surface area contributed by atoms with E-state index in [1.165, 1.54) is 0 Å². The van der Waals surface area contributed by atoms with Crippen LogP contribution < -0.4 is 0 Å². The molecule has 3 heterocycles. The van der Waals surface area contributed by atoms with Crippen LogP contribution in [0.2, 0.25) is 0 Å². The Balaban J connectivity index is 1.78. The van der Waals surface area contributed by atoms with Crippen molar-refractivity contribution in [3.05, 3.63) is 34.7 Å². The molecule has 0 amide bonds. The summed E-state index contributed by atoms with van der Waals surface area (Å²) in [6.45, 7) is -0.171. The van der Waals surface area contributed by atoms with Crippen LogP contribution in [0.1, 0.15) is 18.3 Å². The largest absolute Gasteiger partial charge is 0.458 e. The second-order valence-electron chi connectivity index (χ2n) is 4.36. The van der Waals surface area contributed by atoms with Crippen LogP contribution in [-0.2, 0) is 4.74 Å². The molecule has 0 bridgehead atoms. The van der Waals surface area contributed by atoms with Crippen LogP contribution >= 0.6 is 11.3 Å². The van der Waals surface area contributed by atoms with Crippen LogP contribution in [0.25, 0.3) is 11.3 Å². The third-order valence-corrected chi connectivity index (χ3v) is 3.84. The second kappa shape index (κ2) is 4.85. The number of ether oxygens (including phenoxy) is 1. The van der Waals surface area contributed by atoms with E-state index in [0.717, 1.165) is 11.3 Å². The summed E-state index contributed by atoms with van der Waals surface area (Å²) in [4.78, 5) is 0. The molecule has 1 aliphatic rings. The Hall–Kier alpha value is -1.14. The van der Waals surface area contributed by atoms with Crippen molar-refractivity contribution in [3.8, 4) is 11.3 Å². The Kier molecular flexibility index (Phi) is 3.22. The molecule has 0 unspecified atom stereocenters. The number of rotatable bonds is 3. The summed E-state index contributed by atoms with van der Waals surface area (Å²) in [7, 11) is 0. The Morgan fingerprint density at radius 1 is 1.33 bits per heavy atom. The lowest BCUT2D eigenvalue weighted by atomic mass is 10.1. The van der Waals surface area contributed by atoms with E-state index < -0.39 is 12.2 Å². The third kappa shape index (κ3) is 2.10. The molecule has 18 heavy (non-hydrogen) atoms. The van der Waals surface area contributed by atoms with Crippen molar-refractivity contribution in [3.63, 3.8) is 0 Å². The van der Waals surface area contributed by atoms with Gasteiger partial charge in [-0.15, -0.1) is 0 Å². The van der Waals surface area contributed by atoms with E-state index in [1.807, 2.05) is 29.0 Å². The van der Waals surface area contributed by atoms with Gasteiger partial charge in [-0.05, 0) is 23.6 Å². The standard InChI is InChI=1S/C13H14O4S/c14-6-13-9(15)5-12(17-13)11-2-1-10(16-11)8-3-4-18-7-8/h1-4,7,9,12-15H,5-6H2/t9-,12+,13+/m0/s1. The first-order valence-electron chi connectivity index (χ1n) is 5.84. The quantitative estimate of drug-likeness (QED) is 0.894. The smallest absolute Gasteiger partial charge is 0.135 e. The molecule has 0 spiro atoms. The lowest BCUT2D eigenvalue weighted by molar-refractivity contribution is -0.0275. The minimum Gasteiger partial charge on any atom is -0.458 e. The van der Waals surface area contributed by atoms with E-state index in [-0.39, 0.29) is 12.7 Å². The summed E-state index contributed by atoms with van der Waals surface area (Å²) in [5, 5.41) is 22.7. The van der Waals surface area contributed by atoms with Crippen molar-refractivity contribution in [2.45, 2.75) is 24.7 Å².